The Kier molecular flexibility index (Phi) is 9.19. The van der Waals surface area contributed by atoms with Crippen LogP contribution in [-0.2, 0) is 11.2 Å². The van der Waals surface area contributed by atoms with Crippen LogP contribution in [-0.4, -0.2) is 48.9 Å². The first-order valence-corrected chi connectivity index (χ1v) is 7.65. The lowest BCUT2D eigenvalue weighted by Crippen LogP contribution is -2.38. The molecule has 1 aromatic heterocycles. The molecule has 0 amide bonds. The molecule has 1 heterocycles. The average Bonchev–Trinajstić information content (AvgIpc) is 2.88. The third-order valence-corrected chi connectivity index (χ3v) is 2.72. The number of nitrogens with zero attached hydrogens (tertiary/aromatic N) is 3. The molecule has 0 saturated heterocycles. The van der Waals surface area contributed by atoms with Crippen LogP contribution in [0.1, 0.15) is 38.4 Å². The molecule has 120 valence electrons. The number of unbranched alkanes of at least 4 members (excludes halogenated alkanes) is 1. The molecule has 2 N–H and O–H groups in total. The van der Waals surface area contributed by atoms with Crippen LogP contribution in [0.15, 0.2) is 9.52 Å². The van der Waals surface area contributed by atoms with Crippen molar-refractivity contribution < 1.29 is 9.26 Å². The van der Waals surface area contributed by atoms with Gasteiger partial charge >= 0.3 is 0 Å². The van der Waals surface area contributed by atoms with Crippen LogP contribution in [0.5, 0.6) is 0 Å². The van der Waals surface area contributed by atoms with E-state index < -0.39 is 0 Å². The lowest BCUT2D eigenvalue weighted by Gasteiger charge is -2.10. The fourth-order valence-electron chi connectivity index (χ4n) is 1.72. The zero-order valence-electron chi connectivity index (χ0n) is 13.3. The summed E-state index contributed by atoms with van der Waals surface area (Å²) in [5.74, 6) is 2.14. The largest absolute Gasteiger partial charge is 0.382 e. The third-order valence-electron chi connectivity index (χ3n) is 2.72. The van der Waals surface area contributed by atoms with Crippen LogP contribution in [0.25, 0.3) is 0 Å². The normalized spacial score (nSPS) is 11.7. The number of nitrogens with one attached hydrogen (secondary N) is 2. The van der Waals surface area contributed by atoms with Crippen molar-refractivity contribution in [2.24, 2.45) is 4.99 Å². The van der Waals surface area contributed by atoms with Gasteiger partial charge in [-0.3, -0.25) is 4.99 Å². The summed E-state index contributed by atoms with van der Waals surface area (Å²) in [6.07, 6.45) is 2.76. The highest BCUT2D eigenvalue weighted by molar-refractivity contribution is 5.79. The summed E-state index contributed by atoms with van der Waals surface area (Å²) in [4.78, 5) is 8.69. The standard InChI is InChI=1S/C14H27N5O2/c1-4-15-14(16-9-6-7-11-20-5-2)17-10-8-13-18-12(3)19-21-13/h4-11H2,1-3H3,(H2,15,16,17). The van der Waals surface area contributed by atoms with Crippen molar-refractivity contribution in [3.63, 3.8) is 0 Å². The zero-order chi connectivity index (χ0) is 15.3. The van der Waals surface area contributed by atoms with Gasteiger partial charge in [0, 0.05) is 39.3 Å². The highest BCUT2D eigenvalue weighted by Crippen LogP contribution is 1.95. The van der Waals surface area contributed by atoms with Crippen LogP contribution < -0.4 is 10.6 Å². The molecular formula is C14H27N5O2. The first-order valence-electron chi connectivity index (χ1n) is 7.65. The molecule has 7 nitrogen and oxygen atoms in total. The Morgan fingerprint density at radius 1 is 1.29 bits per heavy atom. The highest BCUT2D eigenvalue weighted by atomic mass is 16.5. The third kappa shape index (κ3) is 8.29. The Labute approximate surface area is 126 Å². The summed E-state index contributed by atoms with van der Waals surface area (Å²) >= 11 is 0. The summed E-state index contributed by atoms with van der Waals surface area (Å²) in [6, 6.07) is 0. The van der Waals surface area contributed by atoms with E-state index in [1.54, 1.807) is 0 Å². The molecule has 0 atom stereocenters. The van der Waals surface area contributed by atoms with E-state index in [0.717, 1.165) is 45.1 Å². The lowest BCUT2D eigenvalue weighted by molar-refractivity contribution is 0.144. The van der Waals surface area contributed by atoms with Crippen molar-refractivity contribution in [2.45, 2.75) is 40.0 Å². The average molecular weight is 297 g/mol. The molecule has 0 spiro atoms. The summed E-state index contributed by atoms with van der Waals surface area (Å²) in [5, 5.41) is 10.2. The minimum absolute atomic E-state index is 0.646. The number of ether oxygens (including phenoxy) is 1. The van der Waals surface area contributed by atoms with Crippen molar-refractivity contribution >= 4 is 5.96 Å². The van der Waals surface area contributed by atoms with Crippen molar-refractivity contribution in [1.82, 2.24) is 20.8 Å². The van der Waals surface area contributed by atoms with Gasteiger partial charge in [0.25, 0.3) is 0 Å². The Bertz CT molecular complexity index is 406. The van der Waals surface area contributed by atoms with Gasteiger partial charge in [-0.05, 0) is 33.6 Å². The molecule has 0 unspecified atom stereocenters. The smallest absolute Gasteiger partial charge is 0.228 e. The molecule has 21 heavy (non-hydrogen) atoms. The number of aromatic nitrogens is 2. The van der Waals surface area contributed by atoms with E-state index in [-0.39, 0.29) is 0 Å². The molecule has 0 radical (unpaired) electrons. The number of aryl methyl sites for hydroxylation is 1. The van der Waals surface area contributed by atoms with E-state index in [1.165, 1.54) is 0 Å². The molecule has 7 heteroatoms. The molecule has 0 saturated carbocycles. The van der Waals surface area contributed by atoms with E-state index in [1.807, 2.05) is 20.8 Å². The predicted octanol–water partition coefficient (Wildman–Crippen LogP) is 1.29. The summed E-state index contributed by atoms with van der Waals surface area (Å²) in [5.41, 5.74) is 0. The van der Waals surface area contributed by atoms with Gasteiger partial charge in [-0.2, -0.15) is 4.98 Å². The van der Waals surface area contributed by atoms with Crippen molar-refractivity contribution in [1.29, 1.82) is 0 Å². The quantitative estimate of drug-likeness (QED) is 0.384. The zero-order valence-corrected chi connectivity index (χ0v) is 13.3. The summed E-state index contributed by atoms with van der Waals surface area (Å²) in [6.45, 7) is 9.81. The number of rotatable bonds is 10. The number of aliphatic imine (C=N–C) groups is 1. The van der Waals surface area contributed by atoms with E-state index in [2.05, 4.69) is 25.8 Å². The second kappa shape index (κ2) is 11.1. The van der Waals surface area contributed by atoms with Crippen LogP contribution in [0.3, 0.4) is 0 Å². The maximum absolute atomic E-state index is 5.30. The number of hydrogen-bond acceptors (Lipinski definition) is 5. The Morgan fingerprint density at radius 3 is 2.81 bits per heavy atom. The van der Waals surface area contributed by atoms with Crippen molar-refractivity contribution in [2.75, 3.05) is 32.8 Å². The fraction of sp³-hybridized carbons (Fsp3) is 0.786. The Morgan fingerprint density at radius 2 is 2.14 bits per heavy atom. The Hall–Kier alpha value is -1.63. The van der Waals surface area contributed by atoms with Gasteiger partial charge in [0.2, 0.25) is 5.89 Å². The molecule has 0 aromatic carbocycles. The maximum atomic E-state index is 5.30. The second-order valence-electron chi connectivity index (χ2n) is 4.58. The monoisotopic (exact) mass is 297 g/mol. The SMILES string of the molecule is CCNC(=NCCCCOCC)NCCc1nc(C)no1. The topological polar surface area (TPSA) is 84.6 Å². The number of guanidine groups is 1. The molecule has 0 bridgehead atoms. The van der Waals surface area contributed by atoms with Crippen LogP contribution >= 0.6 is 0 Å². The first-order chi connectivity index (χ1) is 10.3. The van der Waals surface area contributed by atoms with Gasteiger partial charge in [0.15, 0.2) is 11.8 Å². The fourth-order valence-corrected chi connectivity index (χ4v) is 1.72. The van der Waals surface area contributed by atoms with Gasteiger partial charge in [0.1, 0.15) is 0 Å². The molecule has 0 aliphatic carbocycles. The summed E-state index contributed by atoms with van der Waals surface area (Å²) in [7, 11) is 0. The van der Waals surface area contributed by atoms with Gasteiger partial charge in [-0.15, -0.1) is 0 Å². The van der Waals surface area contributed by atoms with E-state index in [4.69, 9.17) is 9.26 Å². The van der Waals surface area contributed by atoms with E-state index in [0.29, 0.717) is 24.7 Å². The Balaban J connectivity index is 2.21. The van der Waals surface area contributed by atoms with Gasteiger partial charge < -0.3 is 19.9 Å². The molecule has 0 aliphatic rings. The summed E-state index contributed by atoms with van der Waals surface area (Å²) < 4.78 is 10.4. The van der Waals surface area contributed by atoms with Crippen LogP contribution in [0.4, 0.5) is 0 Å². The van der Waals surface area contributed by atoms with E-state index in [9.17, 15) is 0 Å². The van der Waals surface area contributed by atoms with Crippen LogP contribution in [0, 0.1) is 6.92 Å². The molecule has 0 aliphatic heterocycles. The lowest BCUT2D eigenvalue weighted by atomic mass is 10.3. The minimum Gasteiger partial charge on any atom is -0.382 e. The van der Waals surface area contributed by atoms with E-state index >= 15 is 0 Å². The van der Waals surface area contributed by atoms with Crippen LogP contribution in [0.2, 0.25) is 0 Å². The molecule has 1 aromatic rings. The van der Waals surface area contributed by atoms with Gasteiger partial charge in [-0.1, -0.05) is 5.16 Å². The second-order valence-corrected chi connectivity index (χ2v) is 4.58. The van der Waals surface area contributed by atoms with Gasteiger partial charge in [0.05, 0.1) is 0 Å². The van der Waals surface area contributed by atoms with Crippen molar-refractivity contribution in [3.05, 3.63) is 11.7 Å². The van der Waals surface area contributed by atoms with Gasteiger partial charge in [-0.25, -0.2) is 0 Å². The molecular weight excluding hydrogens is 270 g/mol. The molecule has 0 fully saturated rings. The molecule has 1 rings (SSSR count). The minimum atomic E-state index is 0.646. The van der Waals surface area contributed by atoms with Crippen molar-refractivity contribution in [3.8, 4) is 0 Å². The number of hydrogen-bond donors (Lipinski definition) is 2. The first kappa shape index (κ1) is 17.4. The predicted molar refractivity (Wildman–Crippen MR) is 82.4 cm³/mol. The maximum Gasteiger partial charge on any atom is 0.228 e. The highest BCUT2D eigenvalue weighted by Gasteiger charge is 2.03.